The fraction of sp³-hybridized carbons (Fsp3) is 0.767. The first-order chi connectivity index (χ1) is 31.9. The molecule has 2 amide bonds. The molecule has 2 atom stereocenters. The molecule has 0 aromatic heterocycles. The van der Waals surface area contributed by atoms with Crippen LogP contribution in [0.5, 0.6) is 0 Å². The molecular formula is C60H104N2O2S2. The van der Waals surface area contributed by atoms with Gasteiger partial charge < -0.3 is 10.6 Å². The van der Waals surface area contributed by atoms with E-state index in [1.54, 1.807) is 23.5 Å². The summed E-state index contributed by atoms with van der Waals surface area (Å²) in [6, 6.07) is 12.9. The highest BCUT2D eigenvalue weighted by Crippen LogP contribution is 2.37. The van der Waals surface area contributed by atoms with Gasteiger partial charge in [0.25, 0.3) is 0 Å². The Morgan fingerprint density at radius 2 is 0.576 bits per heavy atom. The molecule has 0 bridgehead atoms. The Hall–Kier alpha value is -1.92. The number of hydrogen-bond acceptors (Lipinski definition) is 4. The number of amides is 2. The Labute approximate surface area is 418 Å². The minimum absolute atomic E-state index is 0.0323. The second-order valence-corrected chi connectivity index (χ2v) is 23.5. The second kappa shape index (κ2) is 37.9. The summed E-state index contributed by atoms with van der Waals surface area (Å²) in [6.45, 7) is 22.2. The first-order valence-electron chi connectivity index (χ1n) is 28.0. The van der Waals surface area contributed by atoms with Gasteiger partial charge in [-0.25, -0.2) is 0 Å². The molecule has 0 saturated heterocycles. The maximum atomic E-state index is 15.0. The lowest BCUT2D eigenvalue weighted by molar-refractivity contribution is -0.120. The molecule has 0 fully saturated rings. The average molecular weight is 950 g/mol. The molecule has 0 heterocycles. The molecule has 378 valence electrons. The molecule has 0 saturated carbocycles. The fourth-order valence-electron chi connectivity index (χ4n) is 9.39. The average Bonchev–Trinajstić information content (AvgIpc) is 3.28. The summed E-state index contributed by atoms with van der Waals surface area (Å²) >= 11 is 3.45. The van der Waals surface area contributed by atoms with Gasteiger partial charge in [0, 0.05) is 11.4 Å². The van der Waals surface area contributed by atoms with E-state index in [0.29, 0.717) is 0 Å². The molecule has 66 heavy (non-hydrogen) atoms. The lowest BCUT2D eigenvalue weighted by Crippen LogP contribution is -2.42. The van der Waals surface area contributed by atoms with Crippen LogP contribution in [-0.2, 0) is 9.59 Å². The van der Waals surface area contributed by atoms with Gasteiger partial charge in [0.05, 0.1) is 0 Å². The summed E-state index contributed by atoms with van der Waals surface area (Å²) < 4.78 is 0. The Balaban J connectivity index is 2.21. The van der Waals surface area contributed by atoms with Crippen molar-refractivity contribution < 1.29 is 9.59 Å². The van der Waals surface area contributed by atoms with Crippen LogP contribution in [0.2, 0.25) is 0 Å². The Kier molecular flexibility index (Phi) is 34.6. The molecule has 0 aliphatic carbocycles. The zero-order valence-electron chi connectivity index (χ0n) is 44.8. The van der Waals surface area contributed by atoms with Gasteiger partial charge in [-0.3, -0.25) is 9.59 Å². The summed E-state index contributed by atoms with van der Waals surface area (Å²) in [5, 5.41) is 5.97. The van der Waals surface area contributed by atoms with Gasteiger partial charge in [0.15, 0.2) is 0 Å². The van der Waals surface area contributed by atoms with E-state index >= 15 is 9.59 Å². The van der Waals surface area contributed by atoms with Gasteiger partial charge in [0.2, 0.25) is 11.8 Å². The van der Waals surface area contributed by atoms with Crippen LogP contribution in [0.3, 0.4) is 0 Å². The molecule has 0 aliphatic heterocycles. The van der Waals surface area contributed by atoms with Crippen molar-refractivity contribution in [1.82, 2.24) is 0 Å². The van der Waals surface area contributed by atoms with E-state index in [2.05, 4.69) is 116 Å². The van der Waals surface area contributed by atoms with Gasteiger partial charge in [-0.15, -0.1) is 23.5 Å². The zero-order valence-corrected chi connectivity index (χ0v) is 46.4. The Morgan fingerprint density at radius 1 is 0.364 bits per heavy atom. The van der Waals surface area contributed by atoms with Crippen molar-refractivity contribution in [3.8, 4) is 0 Å². The first kappa shape index (κ1) is 60.2. The molecule has 0 radical (unpaired) electrons. The van der Waals surface area contributed by atoms with E-state index in [0.717, 1.165) is 58.0 Å². The highest BCUT2D eigenvalue weighted by Gasteiger charge is 2.36. The van der Waals surface area contributed by atoms with Crippen molar-refractivity contribution >= 4 is 46.7 Å². The normalized spacial score (nSPS) is 12.8. The summed E-state index contributed by atoms with van der Waals surface area (Å²) in [7, 11) is 0. The third-order valence-electron chi connectivity index (χ3n) is 13.6. The van der Waals surface area contributed by atoms with Crippen LogP contribution in [0.4, 0.5) is 11.4 Å². The molecule has 2 aromatic rings. The van der Waals surface area contributed by atoms with Crippen LogP contribution in [-0.4, -0.2) is 33.8 Å². The summed E-state index contributed by atoms with van der Waals surface area (Å²) in [6.07, 6.45) is 37.2. The monoisotopic (exact) mass is 949 g/mol. The molecule has 0 spiro atoms. The maximum absolute atomic E-state index is 15.0. The number of carbonyl (C=O) groups is 2. The van der Waals surface area contributed by atoms with Crippen LogP contribution in [0, 0.1) is 0 Å². The molecule has 6 heteroatoms. The largest absolute Gasteiger partial charge is 0.325 e. The summed E-state index contributed by atoms with van der Waals surface area (Å²) in [4.78, 5) is 30.0. The molecule has 2 unspecified atom stereocenters. The van der Waals surface area contributed by atoms with E-state index in [4.69, 9.17) is 0 Å². The van der Waals surface area contributed by atoms with Crippen molar-refractivity contribution in [1.29, 1.82) is 0 Å². The van der Waals surface area contributed by atoms with Crippen LogP contribution in [0.1, 0.15) is 295 Å². The minimum atomic E-state index is -0.516. The standard InChI is InChI=1S/C60H104N2O2S2/c1-11-13-15-17-19-21-23-25-26-27-28-30-32-34-36-38-46-66-58(60(64)62-56-53(49(7)8)43-40-44-54(56)50(9)10)57(65-45-37-35-33-31-29-24-22-20-18-16-14-12-2)59(63)61-55-51(47(3)4)41-39-42-52(55)48(5)6/h39-44,47-50,57-58H,11-38,45-46H2,1-10H3,(H,61,63)(H,62,64). The Morgan fingerprint density at radius 3 is 0.788 bits per heavy atom. The van der Waals surface area contributed by atoms with Crippen molar-refractivity contribution in [2.24, 2.45) is 0 Å². The third-order valence-corrected chi connectivity index (χ3v) is 16.5. The zero-order chi connectivity index (χ0) is 48.4. The van der Waals surface area contributed by atoms with Gasteiger partial charge in [-0.1, -0.05) is 273 Å². The van der Waals surface area contributed by atoms with Crippen molar-refractivity contribution in [2.45, 2.75) is 283 Å². The van der Waals surface area contributed by atoms with Gasteiger partial charge >= 0.3 is 0 Å². The van der Waals surface area contributed by atoms with Crippen LogP contribution in [0.25, 0.3) is 0 Å². The van der Waals surface area contributed by atoms with Crippen molar-refractivity contribution in [2.75, 3.05) is 22.1 Å². The van der Waals surface area contributed by atoms with Gasteiger partial charge in [0.1, 0.15) is 10.5 Å². The Bertz CT molecular complexity index is 1480. The highest BCUT2D eigenvalue weighted by molar-refractivity contribution is 8.04. The second-order valence-electron chi connectivity index (χ2n) is 21.0. The molecule has 4 nitrogen and oxygen atoms in total. The van der Waals surface area contributed by atoms with Gasteiger partial charge in [-0.05, 0) is 70.3 Å². The molecule has 2 N–H and O–H groups in total. The van der Waals surface area contributed by atoms with Crippen molar-refractivity contribution in [3.05, 3.63) is 58.7 Å². The minimum Gasteiger partial charge on any atom is -0.325 e. The van der Waals surface area contributed by atoms with Crippen LogP contribution in [0.15, 0.2) is 36.4 Å². The van der Waals surface area contributed by atoms with E-state index in [-0.39, 0.29) is 35.5 Å². The lowest BCUT2D eigenvalue weighted by Gasteiger charge is -2.28. The van der Waals surface area contributed by atoms with Crippen molar-refractivity contribution in [3.63, 3.8) is 0 Å². The summed E-state index contributed by atoms with van der Waals surface area (Å²) in [5.74, 6) is 2.73. The fourth-order valence-corrected chi connectivity index (χ4v) is 12.1. The van der Waals surface area contributed by atoms with Crippen LogP contribution < -0.4 is 10.6 Å². The van der Waals surface area contributed by atoms with E-state index in [9.17, 15) is 0 Å². The number of benzene rings is 2. The number of thioether (sulfide) groups is 2. The third kappa shape index (κ3) is 25.1. The molecule has 2 aromatic carbocycles. The number of carbonyl (C=O) groups excluding carboxylic acids is 2. The molecular weight excluding hydrogens is 845 g/mol. The highest BCUT2D eigenvalue weighted by atomic mass is 32.2. The predicted molar refractivity (Wildman–Crippen MR) is 300 cm³/mol. The number of nitrogens with one attached hydrogen (secondary N) is 2. The van der Waals surface area contributed by atoms with E-state index in [1.807, 2.05) is 0 Å². The van der Waals surface area contributed by atoms with Gasteiger partial charge in [-0.2, -0.15) is 0 Å². The maximum Gasteiger partial charge on any atom is 0.239 e. The number of anilines is 2. The number of hydrogen-bond donors (Lipinski definition) is 2. The first-order valence-corrected chi connectivity index (χ1v) is 30.1. The summed E-state index contributed by atoms with van der Waals surface area (Å²) in [5.41, 5.74) is 6.53. The lowest BCUT2D eigenvalue weighted by atomic mass is 9.92. The smallest absolute Gasteiger partial charge is 0.239 e. The number of rotatable bonds is 41. The van der Waals surface area contributed by atoms with E-state index in [1.165, 1.54) is 167 Å². The van der Waals surface area contributed by atoms with E-state index < -0.39 is 10.5 Å². The SMILES string of the molecule is CCCCCCCCCCCCCCCCCCSC(C(=O)Nc1c(C(C)C)cccc1C(C)C)C(SCCCCCCCCCCCCCC)C(=O)Nc1c(C(C)C)cccc1C(C)C. The quantitative estimate of drug-likeness (QED) is 0.0652. The molecule has 0 aliphatic rings. The van der Waals surface area contributed by atoms with Crippen LogP contribution >= 0.6 is 23.5 Å². The number of para-hydroxylation sites is 2. The number of unbranched alkanes of at least 4 members (excludes halogenated alkanes) is 26. The predicted octanol–water partition coefficient (Wildman–Crippen LogP) is 19.9. The molecule has 2 rings (SSSR count). The topological polar surface area (TPSA) is 58.2 Å².